The van der Waals surface area contributed by atoms with Crippen LogP contribution >= 0.6 is 0 Å². The van der Waals surface area contributed by atoms with E-state index in [1.54, 1.807) is 17.0 Å². The Morgan fingerprint density at radius 2 is 1.47 bits per heavy atom. The van der Waals surface area contributed by atoms with Crippen LogP contribution in [0.2, 0.25) is 0 Å². The first kappa shape index (κ1) is 12.8. The summed E-state index contributed by atoms with van der Waals surface area (Å²) in [5.41, 5.74) is 12.0. The molecule has 0 unspecified atom stereocenters. The molecule has 1 aromatic carbocycles. The Morgan fingerprint density at radius 3 is 1.95 bits per heavy atom. The number of pyridine rings is 1. The summed E-state index contributed by atoms with van der Waals surface area (Å²) in [4.78, 5) is 22.5. The average molecular weight is 256 g/mol. The van der Waals surface area contributed by atoms with Crippen molar-refractivity contribution in [2.45, 2.75) is 6.54 Å². The zero-order chi connectivity index (χ0) is 13.8. The summed E-state index contributed by atoms with van der Waals surface area (Å²) in [6.45, 7) is 0.530. The van der Waals surface area contributed by atoms with Crippen molar-refractivity contribution in [3.05, 3.63) is 65.5 Å². The summed E-state index contributed by atoms with van der Waals surface area (Å²) < 4.78 is 1.72. The molecule has 96 valence electrons. The summed E-state index contributed by atoms with van der Waals surface area (Å²) in [6, 6.07) is 11.1. The smallest absolute Gasteiger partial charge is 0.254 e. The fourth-order valence-electron chi connectivity index (χ4n) is 1.79. The Labute approximate surface area is 110 Å². The average Bonchev–Trinajstić information content (AvgIpc) is 2.39. The molecule has 0 saturated carbocycles. The Kier molecular flexibility index (Phi) is 3.56. The third-order valence-corrected chi connectivity index (χ3v) is 2.70. The van der Waals surface area contributed by atoms with Gasteiger partial charge in [-0.15, -0.1) is 0 Å². The molecule has 5 nitrogen and oxygen atoms in total. The van der Waals surface area contributed by atoms with Crippen molar-refractivity contribution in [1.82, 2.24) is 0 Å². The van der Waals surface area contributed by atoms with E-state index in [2.05, 4.69) is 0 Å². The van der Waals surface area contributed by atoms with Crippen molar-refractivity contribution in [2.75, 3.05) is 0 Å². The van der Waals surface area contributed by atoms with Crippen LogP contribution in [-0.4, -0.2) is 11.8 Å². The SMILES string of the molecule is NC(=O)c1cc(C(N)=O)c[n+](Cc2ccccc2)c1. The predicted molar refractivity (Wildman–Crippen MR) is 69.2 cm³/mol. The molecule has 2 aromatic rings. The third kappa shape index (κ3) is 3.16. The molecular formula is C14H14N3O2+. The van der Waals surface area contributed by atoms with Gasteiger partial charge in [0, 0.05) is 5.56 Å². The second-order valence-electron chi connectivity index (χ2n) is 4.20. The van der Waals surface area contributed by atoms with E-state index in [4.69, 9.17) is 11.5 Å². The lowest BCUT2D eigenvalue weighted by Crippen LogP contribution is -2.37. The number of aromatic nitrogens is 1. The summed E-state index contributed by atoms with van der Waals surface area (Å²) in [5.74, 6) is -1.19. The monoisotopic (exact) mass is 256 g/mol. The normalized spacial score (nSPS) is 10.1. The summed E-state index contributed by atoms with van der Waals surface area (Å²) in [7, 11) is 0. The highest BCUT2D eigenvalue weighted by Gasteiger charge is 2.14. The molecule has 2 amide bonds. The molecule has 2 rings (SSSR count). The minimum absolute atomic E-state index is 0.257. The van der Waals surface area contributed by atoms with Crippen LogP contribution in [0.5, 0.6) is 0 Å². The minimum atomic E-state index is -0.593. The van der Waals surface area contributed by atoms with Crippen molar-refractivity contribution < 1.29 is 14.2 Å². The van der Waals surface area contributed by atoms with Crippen molar-refractivity contribution in [3.8, 4) is 0 Å². The number of carbonyl (C=O) groups is 2. The molecule has 1 heterocycles. The highest BCUT2D eigenvalue weighted by atomic mass is 16.1. The maximum Gasteiger partial charge on any atom is 0.254 e. The van der Waals surface area contributed by atoms with Gasteiger partial charge in [-0.05, 0) is 6.07 Å². The van der Waals surface area contributed by atoms with Crippen LogP contribution in [0, 0.1) is 0 Å². The first-order valence-electron chi connectivity index (χ1n) is 5.74. The van der Waals surface area contributed by atoms with Crippen LogP contribution < -0.4 is 16.0 Å². The van der Waals surface area contributed by atoms with Gasteiger partial charge in [0.2, 0.25) is 0 Å². The molecule has 19 heavy (non-hydrogen) atoms. The molecule has 0 atom stereocenters. The number of carbonyl (C=O) groups excluding carboxylic acids is 2. The van der Waals surface area contributed by atoms with Crippen LogP contribution in [0.25, 0.3) is 0 Å². The molecule has 0 aliphatic carbocycles. The molecule has 0 fully saturated rings. The van der Waals surface area contributed by atoms with E-state index in [-0.39, 0.29) is 11.1 Å². The van der Waals surface area contributed by atoms with E-state index in [9.17, 15) is 9.59 Å². The molecule has 4 N–H and O–H groups in total. The lowest BCUT2D eigenvalue weighted by molar-refractivity contribution is -0.688. The molecule has 1 aromatic heterocycles. The molecule has 0 saturated heterocycles. The number of nitrogens with two attached hydrogens (primary N) is 2. The number of benzene rings is 1. The highest BCUT2D eigenvalue weighted by Crippen LogP contribution is 2.02. The number of nitrogens with zero attached hydrogens (tertiary/aromatic N) is 1. The number of primary amides is 2. The van der Waals surface area contributed by atoms with Crippen molar-refractivity contribution >= 4 is 11.8 Å². The van der Waals surface area contributed by atoms with E-state index in [1.165, 1.54) is 6.07 Å². The fourth-order valence-corrected chi connectivity index (χ4v) is 1.79. The Bertz CT molecular complexity index is 592. The van der Waals surface area contributed by atoms with Gasteiger partial charge in [-0.3, -0.25) is 9.59 Å². The van der Waals surface area contributed by atoms with Crippen LogP contribution in [0.1, 0.15) is 26.3 Å². The molecule has 0 aliphatic heterocycles. The standard InChI is InChI=1S/C14H13N3O2/c15-13(18)11-6-12(14(16)19)9-17(8-11)7-10-4-2-1-3-5-10/h1-6,8-9H,7H2,(H3-,15,16,18,19)/p+1. The molecule has 0 aliphatic rings. The van der Waals surface area contributed by atoms with E-state index >= 15 is 0 Å². The van der Waals surface area contributed by atoms with Gasteiger partial charge < -0.3 is 11.5 Å². The lowest BCUT2D eigenvalue weighted by Gasteiger charge is -2.02. The minimum Gasteiger partial charge on any atom is -0.365 e. The van der Waals surface area contributed by atoms with Crippen LogP contribution in [0.3, 0.4) is 0 Å². The largest absolute Gasteiger partial charge is 0.365 e. The van der Waals surface area contributed by atoms with Crippen molar-refractivity contribution in [2.24, 2.45) is 11.5 Å². The number of hydrogen-bond donors (Lipinski definition) is 2. The van der Waals surface area contributed by atoms with E-state index in [0.717, 1.165) is 5.56 Å². The number of amides is 2. The topological polar surface area (TPSA) is 90.1 Å². The van der Waals surface area contributed by atoms with E-state index in [0.29, 0.717) is 6.54 Å². The molecule has 5 heteroatoms. The first-order valence-corrected chi connectivity index (χ1v) is 5.74. The zero-order valence-corrected chi connectivity index (χ0v) is 10.2. The predicted octanol–water partition coefficient (Wildman–Crippen LogP) is 0.220. The van der Waals surface area contributed by atoms with Crippen LogP contribution in [0.4, 0.5) is 0 Å². The quantitative estimate of drug-likeness (QED) is 0.766. The van der Waals surface area contributed by atoms with Crippen LogP contribution in [0.15, 0.2) is 48.8 Å². The van der Waals surface area contributed by atoms with Gasteiger partial charge in [0.25, 0.3) is 11.8 Å². The molecule has 0 bridgehead atoms. The lowest BCUT2D eigenvalue weighted by atomic mass is 10.1. The summed E-state index contributed by atoms with van der Waals surface area (Å²) >= 11 is 0. The number of hydrogen-bond acceptors (Lipinski definition) is 2. The van der Waals surface area contributed by atoms with Gasteiger partial charge in [0.15, 0.2) is 18.9 Å². The first-order chi connectivity index (χ1) is 9.06. The van der Waals surface area contributed by atoms with Gasteiger partial charge in [-0.25, -0.2) is 0 Å². The van der Waals surface area contributed by atoms with E-state index < -0.39 is 11.8 Å². The summed E-state index contributed by atoms with van der Waals surface area (Å²) in [6.07, 6.45) is 3.20. The summed E-state index contributed by atoms with van der Waals surface area (Å²) in [5, 5.41) is 0. The molecule has 0 radical (unpaired) electrons. The highest BCUT2D eigenvalue weighted by molar-refractivity contribution is 5.97. The molecular weight excluding hydrogens is 242 g/mol. The fraction of sp³-hybridized carbons (Fsp3) is 0.0714. The maximum atomic E-state index is 11.2. The third-order valence-electron chi connectivity index (χ3n) is 2.70. The van der Waals surface area contributed by atoms with Gasteiger partial charge >= 0.3 is 0 Å². The maximum absolute atomic E-state index is 11.2. The molecule has 0 spiro atoms. The van der Waals surface area contributed by atoms with Crippen molar-refractivity contribution in [3.63, 3.8) is 0 Å². The van der Waals surface area contributed by atoms with Gasteiger partial charge in [-0.1, -0.05) is 30.3 Å². The Morgan fingerprint density at radius 1 is 0.947 bits per heavy atom. The second kappa shape index (κ2) is 5.30. The number of rotatable bonds is 4. The van der Waals surface area contributed by atoms with Gasteiger partial charge in [-0.2, -0.15) is 4.57 Å². The Hall–Kier alpha value is -2.69. The van der Waals surface area contributed by atoms with Crippen LogP contribution in [-0.2, 0) is 6.54 Å². The van der Waals surface area contributed by atoms with Crippen molar-refractivity contribution in [1.29, 1.82) is 0 Å². The zero-order valence-electron chi connectivity index (χ0n) is 10.2. The van der Waals surface area contributed by atoms with E-state index in [1.807, 2.05) is 30.3 Å². The Balaban J connectivity index is 2.39. The second-order valence-corrected chi connectivity index (χ2v) is 4.20. The van der Waals surface area contributed by atoms with Gasteiger partial charge in [0.05, 0.1) is 0 Å². The van der Waals surface area contributed by atoms with Gasteiger partial charge in [0.1, 0.15) is 11.1 Å².